The van der Waals surface area contributed by atoms with E-state index >= 15 is 0 Å². The van der Waals surface area contributed by atoms with Crippen LogP contribution < -0.4 is 5.32 Å². The summed E-state index contributed by atoms with van der Waals surface area (Å²) >= 11 is 1.60. The zero-order valence-corrected chi connectivity index (χ0v) is 23.3. The van der Waals surface area contributed by atoms with Crippen LogP contribution in [0.25, 0.3) is 0 Å². The van der Waals surface area contributed by atoms with Crippen LogP contribution in [-0.4, -0.2) is 35.0 Å². The molecule has 1 atom stereocenters. The Morgan fingerprint density at radius 1 is 0.735 bits per heavy atom. The van der Waals surface area contributed by atoms with Crippen molar-refractivity contribution in [1.29, 1.82) is 0 Å². The molecule has 0 bridgehead atoms. The van der Waals surface area contributed by atoms with Crippen molar-refractivity contribution in [3.63, 3.8) is 0 Å². The normalized spacial score (nSPS) is 12.3. The maximum absolute atomic E-state index is 11.9. The third-order valence-electron chi connectivity index (χ3n) is 6.41. The Bertz CT molecular complexity index is 496. The summed E-state index contributed by atoms with van der Waals surface area (Å²) in [7, 11) is 0. The number of carbonyl (C=O) groups is 2. The van der Waals surface area contributed by atoms with Crippen molar-refractivity contribution in [2.75, 3.05) is 12.0 Å². The Kier molecular flexibility index (Phi) is 25.9. The fraction of sp³-hybridized carbons (Fsp3) is 0.862. The molecule has 0 fully saturated rings. The number of thioether (sulfide) groups is 1. The largest absolute Gasteiger partial charge is 0.480 e. The lowest BCUT2D eigenvalue weighted by Crippen LogP contribution is -2.41. The van der Waals surface area contributed by atoms with Gasteiger partial charge in [0.2, 0.25) is 5.91 Å². The second-order valence-electron chi connectivity index (χ2n) is 9.70. The van der Waals surface area contributed by atoms with Crippen LogP contribution in [0.2, 0.25) is 0 Å². The van der Waals surface area contributed by atoms with Crippen LogP contribution >= 0.6 is 11.8 Å². The second kappa shape index (κ2) is 26.6. The number of amides is 1. The molecule has 200 valence electrons. The summed E-state index contributed by atoms with van der Waals surface area (Å²) in [5.41, 5.74) is 0. The van der Waals surface area contributed by atoms with Crippen molar-refractivity contribution >= 4 is 23.6 Å². The van der Waals surface area contributed by atoms with Crippen molar-refractivity contribution in [1.82, 2.24) is 5.32 Å². The maximum Gasteiger partial charge on any atom is 0.326 e. The Morgan fingerprint density at radius 2 is 1.18 bits per heavy atom. The predicted octanol–water partition coefficient (Wildman–Crippen LogP) is 8.69. The number of carboxylic acid groups (broad SMARTS) is 1. The van der Waals surface area contributed by atoms with Crippen LogP contribution in [-0.2, 0) is 9.59 Å². The van der Waals surface area contributed by atoms with Crippen molar-refractivity contribution in [2.45, 2.75) is 148 Å². The molecule has 0 radical (unpaired) electrons. The molecule has 0 aromatic carbocycles. The highest BCUT2D eigenvalue weighted by Crippen LogP contribution is 2.13. The molecular weight excluding hydrogens is 442 g/mol. The van der Waals surface area contributed by atoms with E-state index in [1.54, 1.807) is 11.8 Å². The Hall–Kier alpha value is -0.970. The average molecular weight is 498 g/mol. The van der Waals surface area contributed by atoms with Gasteiger partial charge in [0, 0.05) is 6.42 Å². The predicted molar refractivity (Wildman–Crippen MR) is 150 cm³/mol. The number of carbonyl (C=O) groups excluding carboxylic acids is 1. The van der Waals surface area contributed by atoms with E-state index < -0.39 is 12.0 Å². The number of rotatable bonds is 26. The van der Waals surface area contributed by atoms with Gasteiger partial charge in [-0.15, -0.1) is 0 Å². The van der Waals surface area contributed by atoms with Crippen LogP contribution in [0.1, 0.15) is 142 Å². The van der Waals surface area contributed by atoms with Crippen LogP contribution in [0.3, 0.4) is 0 Å². The van der Waals surface area contributed by atoms with E-state index in [1.165, 1.54) is 109 Å². The Morgan fingerprint density at radius 3 is 1.62 bits per heavy atom. The van der Waals surface area contributed by atoms with Gasteiger partial charge < -0.3 is 10.4 Å². The van der Waals surface area contributed by atoms with E-state index in [-0.39, 0.29) is 5.91 Å². The molecule has 0 aliphatic heterocycles. The molecule has 4 nitrogen and oxygen atoms in total. The first kappa shape index (κ1) is 33.0. The van der Waals surface area contributed by atoms with Crippen LogP contribution in [0, 0.1) is 0 Å². The zero-order valence-electron chi connectivity index (χ0n) is 22.5. The lowest BCUT2D eigenvalue weighted by molar-refractivity contribution is -0.141. The van der Waals surface area contributed by atoms with Crippen LogP contribution in [0.4, 0.5) is 0 Å². The minimum Gasteiger partial charge on any atom is -0.480 e. The summed E-state index contributed by atoms with van der Waals surface area (Å²) in [6, 6.07) is -0.744. The van der Waals surface area contributed by atoms with Gasteiger partial charge >= 0.3 is 5.97 Å². The van der Waals surface area contributed by atoms with E-state index in [0.29, 0.717) is 12.8 Å². The number of aliphatic carboxylic acids is 1. The van der Waals surface area contributed by atoms with E-state index in [0.717, 1.165) is 18.6 Å². The molecule has 5 heteroatoms. The number of nitrogens with one attached hydrogen (secondary N) is 1. The van der Waals surface area contributed by atoms with Gasteiger partial charge in [-0.1, -0.05) is 109 Å². The molecule has 0 heterocycles. The van der Waals surface area contributed by atoms with Gasteiger partial charge in [-0.3, -0.25) is 4.79 Å². The molecule has 34 heavy (non-hydrogen) atoms. The molecular formula is C29H55NO3S. The smallest absolute Gasteiger partial charge is 0.326 e. The highest BCUT2D eigenvalue weighted by Gasteiger charge is 2.18. The minimum atomic E-state index is -0.932. The number of allylic oxidation sites excluding steroid dienone is 2. The summed E-state index contributed by atoms with van der Waals surface area (Å²) in [6.45, 7) is 2.27. The Labute approximate surface area is 215 Å². The molecule has 0 aromatic rings. The van der Waals surface area contributed by atoms with E-state index in [1.807, 2.05) is 6.26 Å². The highest BCUT2D eigenvalue weighted by atomic mass is 32.2. The minimum absolute atomic E-state index is 0.123. The third-order valence-corrected chi connectivity index (χ3v) is 7.05. The summed E-state index contributed by atoms with van der Waals surface area (Å²) in [5, 5.41) is 11.8. The monoisotopic (exact) mass is 497 g/mol. The number of carboxylic acids is 1. The molecule has 0 spiro atoms. The van der Waals surface area contributed by atoms with Crippen molar-refractivity contribution in [3.8, 4) is 0 Å². The van der Waals surface area contributed by atoms with Crippen molar-refractivity contribution < 1.29 is 14.7 Å². The summed E-state index contributed by atoms with van der Waals surface area (Å²) in [6.07, 6.45) is 32.2. The Balaban J connectivity index is 3.34. The topological polar surface area (TPSA) is 66.4 Å². The second-order valence-corrected chi connectivity index (χ2v) is 10.7. The molecule has 0 aromatic heterocycles. The van der Waals surface area contributed by atoms with Crippen LogP contribution in [0.15, 0.2) is 12.2 Å². The van der Waals surface area contributed by atoms with Crippen molar-refractivity contribution in [2.24, 2.45) is 0 Å². The molecule has 0 saturated carbocycles. The van der Waals surface area contributed by atoms with E-state index in [2.05, 4.69) is 24.4 Å². The maximum atomic E-state index is 11.9. The molecule has 2 N–H and O–H groups in total. The first-order valence-corrected chi connectivity index (χ1v) is 15.7. The van der Waals surface area contributed by atoms with E-state index in [9.17, 15) is 9.59 Å². The van der Waals surface area contributed by atoms with Gasteiger partial charge in [0.05, 0.1) is 0 Å². The third kappa shape index (κ3) is 24.2. The average Bonchev–Trinajstić information content (AvgIpc) is 2.82. The molecule has 1 amide bonds. The summed E-state index contributed by atoms with van der Waals surface area (Å²) < 4.78 is 0. The molecule has 0 aliphatic rings. The quantitative estimate of drug-likeness (QED) is 0.0926. The zero-order chi connectivity index (χ0) is 25.1. The number of unbranched alkanes of at least 4 members (excludes halogenated alkanes) is 17. The highest BCUT2D eigenvalue weighted by molar-refractivity contribution is 7.98. The van der Waals surface area contributed by atoms with Crippen LogP contribution in [0.5, 0.6) is 0 Å². The fourth-order valence-corrected chi connectivity index (χ4v) is 4.65. The summed E-state index contributed by atoms with van der Waals surface area (Å²) in [5.74, 6) is -0.312. The lowest BCUT2D eigenvalue weighted by Gasteiger charge is -2.13. The van der Waals surface area contributed by atoms with Gasteiger partial charge in [0.1, 0.15) is 6.04 Å². The molecule has 1 unspecified atom stereocenters. The van der Waals surface area contributed by atoms with Gasteiger partial charge in [-0.25, -0.2) is 4.79 Å². The van der Waals surface area contributed by atoms with Gasteiger partial charge in [-0.2, -0.15) is 11.8 Å². The SMILES string of the molecule is CCCCCCCCC=CCCCCCCCCCCCCCC(=O)NC(CCSC)C(=O)O. The number of hydrogen-bond donors (Lipinski definition) is 2. The standard InChI is InChI=1S/C29H55NO3S/c1-3-4-5-6-7-8-9-10-11-12-13-14-15-16-17-18-19-20-21-22-23-24-28(31)30-27(29(32)33)25-26-34-2/h10-11,27H,3-9,12-26H2,1-2H3,(H,30,31)(H,32,33). The molecule has 0 aliphatic carbocycles. The van der Waals surface area contributed by atoms with Crippen molar-refractivity contribution in [3.05, 3.63) is 12.2 Å². The molecule has 0 saturated heterocycles. The number of hydrogen-bond acceptors (Lipinski definition) is 3. The lowest BCUT2D eigenvalue weighted by atomic mass is 10.0. The molecule has 0 rings (SSSR count). The van der Waals surface area contributed by atoms with Gasteiger partial charge in [0.15, 0.2) is 0 Å². The fourth-order valence-electron chi connectivity index (χ4n) is 4.18. The van der Waals surface area contributed by atoms with Gasteiger partial charge in [-0.05, 0) is 50.5 Å². The van der Waals surface area contributed by atoms with E-state index in [4.69, 9.17) is 5.11 Å². The van der Waals surface area contributed by atoms with Gasteiger partial charge in [0.25, 0.3) is 0 Å². The summed E-state index contributed by atoms with van der Waals surface area (Å²) in [4.78, 5) is 23.1. The first-order chi connectivity index (χ1) is 16.6. The first-order valence-electron chi connectivity index (χ1n) is 14.3.